The van der Waals surface area contributed by atoms with E-state index < -0.39 is 0 Å². The first kappa shape index (κ1) is 18.2. The molecule has 0 aliphatic carbocycles. The molecule has 1 N–H and O–H groups in total. The van der Waals surface area contributed by atoms with E-state index in [9.17, 15) is 9.59 Å². The minimum absolute atomic E-state index is 0.0427. The van der Waals surface area contributed by atoms with Gasteiger partial charge in [0.2, 0.25) is 5.82 Å². The van der Waals surface area contributed by atoms with Crippen molar-refractivity contribution in [3.05, 3.63) is 65.7 Å². The molecule has 28 heavy (non-hydrogen) atoms. The summed E-state index contributed by atoms with van der Waals surface area (Å²) in [6.07, 6.45) is 4.48. The van der Waals surface area contributed by atoms with E-state index in [2.05, 4.69) is 16.4 Å². The number of nitrogens with zero attached hydrogens (tertiary/aromatic N) is 3. The normalized spacial score (nSPS) is 14.6. The second kappa shape index (κ2) is 7.46. The standard InChI is InChI=1S/C22H24N4O2/c1-3-15(2)23-21(27)19-18-12-6-7-13-25(18)20(24-19)22(28)26-14-8-10-16-9-4-5-11-17(16)26/h4-7,9,11-13,15H,3,8,10,14H2,1-2H3,(H,23,27). The van der Waals surface area contributed by atoms with Gasteiger partial charge in [-0.1, -0.05) is 31.2 Å². The van der Waals surface area contributed by atoms with Gasteiger partial charge in [0, 0.05) is 24.5 Å². The van der Waals surface area contributed by atoms with Gasteiger partial charge in [-0.15, -0.1) is 0 Å². The van der Waals surface area contributed by atoms with Gasteiger partial charge in [-0.25, -0.2) is 4.98 Å². The van der Waals surface area contributed by atoms with Gasteiger partial charge in [0.25, 0.3) is 11.8 Å². The van der Waals surface area contributed by atoms with E-state index in [1.54, 1.807) is 15.5 Å². The van der Waals surface area contributed by atoms with Crippen LogP contribution in [0.15, 0.2) is 48.7 Å². The third-order valence-corrected chi connectivity index (χ3v) is 5.30. The average Bonchev–Trinajstić information content (AvgIpc) is 3.12. The molecule has 1 aliphatic heterocycles. The maximum Gasteiger partial charge on any atom is 0.294 e. The lowest BCUT2D eigenvalue weighted by atomic mass is 10.0. The van der Waals surface area contributed by atoms with Gasteiger partial charge in [0.1, 0.15) is 0 Å². The molecule has 0 fully saturated rings. The van der Waals surface area contributed by atoms with Crippen LogP contribution in [0.3, 0.4) is 0 Å². The summed E-state index contributed by atoms with van der Waals surface area (Å²) in [4.78, 5) is 32.4. The highest BCUT2D eigenvalue weighted by Gasteiger charge is 2.28. The molecule has 3 heterocycles. The van der Waals surface area contributed by atoms with Crippen LogP contribution in [0.4, 0.5) is 5.69 Å². The topological polar surface area (TPSA) is 66.7 Å². The smallest absolute Gasteiger partial charge is 0.294 e. The molecule has 0 spiro atoms. The van der Waals surface area contributed by atoms with Gasteiger partial charge in [-0.3, -0.25) is 14.0 Å². The first-order valence-electron chi connectivity index (χ1n) is 9.78. The SMILES string of the molecule is CCC(C)NC(=O)c1nc(C(=O)N2CCCc3ccccc32)n2ccccc12. The van der Waals surface area contributed by atoms with E-state index >= 15 is 0 Å². The Hall–Kier alpha value is -3.15. The summed E-state index contributed by atoms with van der Waals surface area (Å²) < 4.78 is 1.71. The Morgan fingerprint density at radius 1 is 1.18 bits per heavy atom. The van der Waals surface area contributed by atoms with E-state index in [0.717, 1.165) is 30.5 Å². The molecule has 1 atom stereocenters. The Morgan fingerprint density at radius 2 is 1.96 bits per heavy atom. The number of hydrogen-bond donors (Lipinski definition) is 1. The number of carbonyl (C=O) groups excluding carboxylic acids is 2. The molecule has 2 aromatic heterocycles. The molecule has 2 amide bonds. The number of amides is 2. The number of fused-ring (bicyclic) bond motifs is 2. The predicted octanol–water partition coefficient (Wildman–Crippen LogP) is 3.46. The minimum atomic E-state index is -0.254. The first-order chi connectivity index (χ1) is 13.6. The van der Waals surface area contributed by atoms with Crippen LogP contribution in [0.25, 0.3) is 5.52 Å². The number of aryl methyl sites for hydroxylation is 1. The highest BCUT2D eigenvalue weighted by molar-refractivity contribution is 6.07. The Labute approximate surface area is 164 Å². The summed E-state index contributed by atoms with van der Waals surface area (Å²) in [5, 5.41) is 2.95. The molecule has 0 radical (unpaired) electrons. The largest absolute Gasteiger partial charge is 0.348 e. The molecule has 6 heteroatoms. The number of aromatic nitrogens is 2. The third kappa shape index (κ3) is 3.15. The van der Waals surface area contributed by atoms with Crippen molar-refractivity contribution in [3.8, 4) is 0 Å². The van der Waals surface area contributed by atoms with Crippen molar-refractivity contribution in [3.63, 3.8) is 0 Å². The summed E-state index contributed by atoms with van der Waals surface area (Å²) >= 11 is 0. The number of nitrogens with one attached hydrogen (secondary N) is 1. The lowest BCUT2D eigenvalue weighted by molar-refractivity contribution is 0.0936. The second-order valence-corrected chi connectivity index (χ2v) is 7.21. The Bertz CT molecular complexity index is 1040. The summed E-state index contributed by atoms with van der Waals surface area (Å²) in [6.45, 7) is 4.61. The molecule has 0 bridgehead atoms. The molecule has 1 aromatic carbocycles. The number of carbonyl (C=O) groups is 2. The van der Waals surface area contributed by atoms with E-state index in [4.69, 9.17) is 0 Å². The fourth-order valence-corrected chi connectivity index (χ4v) is 3.62. The minimum Gasteiger partial charge on any atom is -0.348 e. The zero-order valence-electron chi connectivity index (χ0n) is 16.2. The molecule has 3 aromatic rings. The number of pyridine rings is 1. The predicted molar refractivity (Wildman–Crippen MR) is 109 cm³/mol. The molecule has 1 unspecified atom stereocenters. The van der Waals surface area contributed by atoms with Gasteiger partial charge in [0.15, 0.2) is 5.69 Å². The Kier molecular flexibility index (Phi) is 4.86. The Balaban J connectivity index is 1.76. The second-order valence-electron chi connectivity index (χ2n) is 7.21. The van der Waals surface area contributed by atoms with Crippen molar-refractivity contribution < 1.29 is 9.59 Å². The van der Waals surface area contributed by atoms with Crippen LogP contribution in [-0.4, -0.2) is 33.8 Å². The third-order valence-electron chi connectivity index (χ3n) is 5.30. The van der Waals surface area contributed by atoms with Crippen molar-refractivity contribution in [2.75, 3.05) is 11.4 Å². The summed E-state index contributed by atoms with van der Waals surface area (Å²) in [5.74, 6) is -0.173. The quantitative estimate of drug-likeness (QED) is 0.758. The van der Waals surface area contributed by atoms with E-state index in [1.807, 2.05) is 50.2 Å². The number of anilines is 1. The summed E-state index contributed by atoms with van der Waals surface area (Å²) in [6, 6.07) is 13.5. The number of imidazole rings is 1. The zero-order chi connectivity index (χ0) is 19.7. The zero-order valence-corrected chi connectivity index (χ0v) is 16.2. The monoisotopic (exact) mass is 376 g/mol. The molecule has 6 nitrogen and oxygen atoms in total. The molecule has 144 valence electrons. The maximum atomic E-state index is 13.4. The molecule has 0 saturated heterocycles. The fraction of sp³-hybridized carbons (Fsp3) is 0.318. The van der Waals surface area contributed by atoms with Crippen LogP contribution in [0.2, 0.25) is 0 Å². The maximum absolute atomic E-state index is 13.4. The first-order valence-corrected chi connectivity index (χ1v) is 9.78. The van der Waals surface area contributed by atoms with Crippen LogP contribution in [-0.2, 0) is 6.42 Å². The van der Waals surface area contributed by atoms with Gasteiger partial charge < -0.3 is 10.2 Å². The van der Waals surface area contributed by atoms with Crippen LogP contribution in [0.5, 0.6) is 0 Å². The fourth-order valence-electron chi connectivity index (χ4n) is 3.62. The summed E-state index contributed by atoms with van der Waals surface area (Å²) in [5.41, 5.74) is 3.02. The van der Waals surface area contributed by atoms with Crippen molar-refractivity contribution >= 4 is 23.0 Å². The van der Waals surface area contributed by atoms with E-state index in [1.165, 1.54) is 0 Å². The lowest BCUT2D eigenvalue weighted by Crippen LogP contribution is -2.36. The Morgan fingerprint density at radius 3 is 2.79 bits per heavy atom. The molecule has 1 aliphatic rings. The van der Waals surface area contributed by atoms with Crippen molar-refractivity contribution in [1.82, 2.24) is 14.7 Å². The van der Waals surface area contributed by atoms with Crippen LogP contribution in [0.1, 0.15) is 53.4 Å². The highest BCUT2D eigenvalue weighted by Crippen LogP contribution is 2.28. The van der Waals surface area contributed by atoms with Crippen LogP contribution >= 0.6 is 0 Å². The van der Waals surface area contributed by atoms with Gasteiger partial charge in [0.05, 0.1) is 5.52 Å². The van der Waals surface area contributed by atoms with Crippen molar-refractivity contribution in [1.29, 1.82) is 0 Å². The van der Waals surface area contributed by atoms with Crippen molar-refractivity contribution in [2.24, 2.45) is 0 Å². The number of para-hydroxylation sites is 1. The van der Waals surface area contributed by atoms with Gasteiger partial charge in [-0.05, 0) is 49.9 Å². The lowest BCUT2D eigenvalue weighted by Gasteiger charge is -2.28. The number of rotatable bonds is 4. The van der Waals surface area contributed by atoms with E-state index in [0.29, 0.717) is 12.1 Å². The summed E-state index contributed by atoms with van der Waals surface area (Å²) in [7, 11) is 0. The van der Waals surface area contributed by atoms with Crippen LogP contribution in [0, 0.1) is 0 Å². The van der Waals surface area contributed by atoms with E-state index in [-0.39, 0.29) is 29.4 Å². The average molecular weight is 376 g/mol. The highest BCUT2D eigenvalue weighted by atomic mass is 16.2. The molecule has 4 rings (SSSR count). The number of hydrogen-bond acceptors (Lipinski definition) is 3. The molecular weight excluding hydrogens is 352 g/mol. The molecular formula is C22H24N4O2. The van der Waals surface area contributed by atoms with Crippen LogP contribution < -0.4 is 10.2 Å². The van der Waals surface area contributed by atoms with Crippen molar-refractivity contribution in [2.45, 2.75) is 39.2 Å². The molecule has 0 saturated carbocycles. The van der Waals surface area contributed by atoms with Gasteiger partial charge >= 0.3 is 0 Å². The number of benzene rings is 1. The van der Waals surface area contributed by atoms with Gasteiger partial charge in [-0.2, -0.15) is 0 Å².